The summed E-state index contributed by atoms with van der Waals surface area (Å²) in [4.78, 5) is 15.4. The van der Waals surface area contributed by atoms with Crippen molar-refractivity contribution in [3.8, 4) is 0 Å². The van der Waals surface area contributed by atoms with Gasteiger partial charge in [0.1, 0.15) is 0 Å². The first-order chi connectivity index (χ1) is 6.20. The fraction of sp³-hybridized carbons (Fsp3) is 0.200. The van der Waals surface area contributed by atoms with Crippen molar-refractivity contribution in [2.45, 2.75) is 6.92 Å². The van der Waals surface area contributed by atoms with Crippen LogP contribution in [0.25, 0.3) is 11.0 Å². The molecule has 0 N–H and O–H groups in total. The molecule has 0 radical (unpaired) electrons. The monoisotopic (exact) mass is 174 g/mol. The standard InChI is InChI=1S/C10H10N2O/c1-7(13)10-11-8-5-3-4-6-9(8)12(10)2/h3-6H,1-2H3. The van der Waals surface area contributed by atoms with Crippen molar-refractivity contribution in [3.63, 3.8) is 0 Å². The summed E-state index contributed by atoms with van der Waals surface area (Å²) in [6.45, 7) is 1.53. The first kappa shape index (κ1) is 7.98. The minimum absolute atomic E-state index is 0.00120. The SMILES string of the molecule is CC(=O)c1nc2ccccc2n1C. The topological polar surface area (TPSA) is 34.9 Å². The Morgan fingerprint density at radius 2 is 2.08 bits per heavy atom. The summed E-state index contributed by atoms with van der Waals surface area (Å²) >= 11 is 0. The molecule has 0 atom stereocenters. The van der Waals surface area contributed by atoms with Crippen LogP contribution in [0.2, 0.25) is 0 Å². The Hall–Kier alpha value is -1.64. The van der Waals surface area contributed by atoms with Crippen LogP contribution >= 0.6 is 0 Å². The predicted molar refractivity (Wildman–Crippen MR) is 50.7 cm³/mol. The summed E-state index contributed by atoms with van der Waals surface area (Å²) in [6.07, 6.45) is 0. The molecule has 2 aromatic rings. The Morgan fingerprint density at radius 1 is 1.38 bits per heavy atom. The van der Waals surface area contributed by atoms with Gasteiger partial charge in [-0.15, -0.1) is 0 Å². The van der Waals surface area contributed by atoms with Crippen molar-refractivity contribution < 1.29 is 4.79 Å². The third kappa shape index (κ3) is 1.13. The molecule has 3 nitrogen and oxygen atoms in total. The molecule has 0 saturated carbocycles. The fourth-order valence-corrected chi connectivity index (χ4v) is 1.46. The highest BCUT2D eigenvalue weighted by Gasteiger charge is 2.09. The number of nitrogens with zero attached hydrogens (tertiary/aromatic N) is 2. The van der Waals surface area contributed by atoms with Crippen LogP contribution in [0.15, 0.2) is 24.3 Å². The van der Waals surface area contributed by atoms with Crippen molar-refractivity contribution >= 4 is 16.8 Å². The number of benzene rings is 1. The molecule has 1 aromatic carbocycles. The normalized spacial score (nSPS) is 10.6. The molecule has 0 spiro atoms. The zero-order valence-electron chi connectivity index (χ0n) is 7.61. The summed E-state index contributed by atoms with van der Waals surface area (Å²) in [5.41, 5.74) is 1.86. The number of aromatic nitrogens is 2. The third-order valence-electron chi connectivity index (χ3n) is 2.10. The minimum atomic E-state index is -0.00120. The van der Waals surface area contributed by atoms with E-state index in [1.165, 1.54) is 6.92 Å². The Bertz CT molecular complexity index is 471. The second-order valence-electron chi connectivity index (χ2n) is 3.04. The van der Waals surface area contributed by atoms with Gasteiger partial charge in [0.2, 0.25) is 0 Å². The van der Waals surface area contributed by atoms with E-state index in [1.807, 2.05) is 35.9 Å². The van der Waals surface area contributed by atoms with E-state index in [2.05, 4.69) is 4.98 Å². The molecule has 2 rings (SSSR count). The highest BCUT2D eigenvalue weighted by molar-refractivity contribution is 5.94. The molecule has 3 heteroatoms. The lowest BCUT2D eigenvalue weighted by Gasteiger charge is -1.96. The van der Waals surface area contributed by atoms with Gasteiger partial charge in [-0.1, -0.05) is 12.1 Å². The van der Waals surface area contributed by atoms with E-state index in [0.29, 0.717) is 5.82 Å². The van der Waals surface area contributed by atoms with Crippen LogP contribution in [-0.2, 0) is 7.05 Å². The lowest BCUT2D eigenvalue weighted by Crippen LogP contribution is -2.02. The maximum Gasteiger partial charge on any atom is 0.195 e. The van der Waals surface area contributed by atoms with Gasteiger partial charge in [-0.05, 0) is 12.1 Å². The van der Waals surface area contributed by atoms with Gasteiger partial charge in [-0.3, -0.25) is 4.79 Å². The highest BCUT2D eigenvalue weighted by Crippen LogP contribution is 2.13. The van der Waals surface area contributed by atoms with Crippen LogP contribution in [0.1, 0.15) is 17.5 Å². The van der Waals surface area contributed by atoms with Gasteiger partial charge >= 0.3 is 0 Å². The zero-order valence-corrected chi connectivity index (χ0v) is 7.61. The second kappa shape index (κ2) is 2.69. The van der Waals surface area contributed by atoms with Gasteiger partial charge in [0, 0.05) is 14.0 Å². The summed E-state index contributed by atoms with van der Waals surface area (Å²) in [7, 11) is 1.85. The molecule has 0 aliphatic carbocycles. The molecule has 0 fully saturated rings. The average Bonchev–Trinajstić information content (AvgIpc) is 2.45. The molecule has 0 unspecified atom stereocenters. The molecule has 1 heterocycles. The maximum atomic E-state index is 11.2. The Labute approximate surface area is 76.0 Å². The quantitative estimate of drug-likeness (QED) is 0.617. The number of imidazole rings is 1. The molecule has 0 amide bonds. The van der Waals surface area contributed by atoms with Gasteiger partial charge in [0.15, 0.2) is 11.6 Å². The second-order valence-corrected chi connectivity index (χ2v) is 3.04. The number of Topliss-reactive ketones (excluding diaryl/α,β-unsaturated/α-hetero) is 1. The van der Waals surface area contributed by atoms with Gasteiger partial charge in [-0.25, -0.2) is 4.98 Å². The molecular formula is C10H10N2O. The number of para-hydroxylation sites is 2. The number of rotatable bonds is 1. The first-order valence-electron chi connectivity index (χ1n) is 4.12. The van der Waals surface area contributed by atoms with Crippen LogP contribution in [-0.4, -0.2) is 15.3 Å². The molecule has 0 aliphatic rings. The summed E-state index contributed by atoms with van der Waals surface area (Å²) in [5.74, 6) is 0.514. The van der Waals surface area contributed by atoms with Gasteiger partial charge in [-0.2, -0.15) is 0 Å². The molecule has 66 valence electrons. The number of fused-ring (bicyclic) bond motifs is 1. The smallest absolute Gasteiger partial charge is 0.195 e. The summed E-state index contributed by atoms with van der Waals surface area (Å²) in [6, 6.07) is 7.71. The van der Waals surface area contributed by atoms with Crippen LogP contribution < -0.4 is 0 Å². The molecule has 0 saturated heterocycles. The maximum absolute atomic E-state index is 11.2. The van der Waals surface area contributed by atoms with E-state index >= 15 is 0 Å². The minimum Gasteiger partial charge on any atom is -0.325 e. The lowest BCUT2D eigenvalue weighted by atomic mass is 10.3. The fourth-order valence-electron chi connectivity index (χ4n) is 1.46. The number of hydrogen-bond donors (Lipinski definition) is 0. The number of ketones is 1. The first-order valence-corrected chi connectivity index (χ1v) is 4.12. The van der Waals surface area contributed by atoms with Crippen molar-refractivity contribution in [1.82, 2.24) is 9.55 Å². The molecule has 0 aliphatic heterocycles. The predicted octanol–water partition coefficient (Wildman–Crippen LogP) is 1.78. The molecule has 0 bridgehead atoms. The van der Waals surface area contributed by atoms with Crippen molar-refractivity contribution in [1.29, 1.82) is 0 Å². The number of aryl methyl sites for hydroxylation is 1. The Balaban J connectivity index is 2.81. The molecule has 13 heavy (non-hydrogen) atoms. The van der Waals surface area contributed by atoms with Crippen LogP contribution in [0, 0.1) is 0 Å². The summed E-state index contributed by atoms with van der Waals surface area (Å²) < 4.78 is 1.82. The van der Waals surface area contributed by atoms with Gasteiger partial charge in [0.25, 0.3) is 0 Å². The molecule has 1 aromatic heterocycles. The number of hydrogen-bond acceptors (Lipinski definition) is 2. The van der Waals surface area contributed by atoms with E-state index < -0.39 is 0 Å². The number of carbonyl (C=O) groups is 1. The third-order valence-corrected chi connectivity index (χ3v) is 2.10. The van der Waals surface area contributed by atoms with Gasteiger partial charge < -0.3 is 4.57 Å². The number of carbonyl (C=O) groups excluding carboxylic acids is 1. The lowest BCUT2D eigenvalue weighted by molar-refractivity contribution is 0.100. The largest absolute Gasteiger partial charge is 0.325 e. The van der Waals surface area contributed by atoms with E-state index in [9.17, 15) is 4.79 Å². The van der Waals surface area contributed by atoms with E-state index in [4.69, 9.17) is 0 Å². The molecular weight excluding hydrogens is 164 g/mol. The Kier molecular flexibility index (Phi) is 1.65. The van der Waals surface area contributed by atoms with Crippen LogP contribution in [0.5, 0.6) is 0 Å². The van der Waals surface area contributed by atoms with E-state index in [0.717, 1.165) is 11.0 Å². The van der Waals surface area contributed by atoms with Crippen molar-refractivity contribution in [2.24, 2.45) is 7.05 Å². The van der Waals surface area contributed by atoms with Gasteiger partial charge in [0.05, 0.1) is 11.0 Å². The van der Waals surface area contributed by atoms with Crippen molar-refractivity contribution in [3.05, 3.63) is 30.1 Å². The van der Waals surface area contributed by atoms with Crippen LogP contribution in [0.3, 0.4) is 0 Å². The average molecular weight is 174 g/mol. The van der Waals surface area contributed by atoms with E-state index in [1.54, 1.807) is 0 Å². The Morgan fingerprint density at radius 3 is 2.69 bits per heavy atom. The zero-order chi connectivity index (χ0) is 9.42. The summed E-state index contributed by atoms with van der Waals surface area (Å²) in [5, 5.41) is 0. The van der Waals surface area contributed by atoms with Crippen LogP contribution in [0.4, 0.5) is 0 Å². The van der Waals surface area contributed by atoms with Crippen molar-refractivity contribution in [2.75, 3.05) is 0 Å². The highest BCUT2D eigenvalue weighted by atomic mass is 16.1. The van der Waals surface area contributed by atoms with E-state index in [-0.39, 0.29) is 5.78 Å².